The van der Waals surface area contributed by atoms with Crippen LogP contribution in [0.25, 0.3) is 0 Å². The molecule has 248 valence electrons. The summed E-state index contributed by atoms with van der Waals surface area (Å²) in [7, 11) is 1.57. The predicted octanol–water partition coefficient (Wildman–Crippen LogP) is 4.13. The molecule has 10 nitrogen and oxygen atoms in total. The second-order valence-electron chi connectivity index (χ2n) is 12.8. The van der Waals surface area contributed by atoms with Crippen molar-refractivity contribution in [3.63, 3.8) is 0 Å². The Kier molecular flexibility index (Phi) is 8.69. The van der Waals surface area contributed by atoms with Gasteiger partial charge in [-0.1, -0.05) is 24.2 Å². The first-order chi connectivity index (χ1) is 22.3. The van der Waals surface area contributed by atoms with Crippen LogP contribution in [-0.4, -0.2) is 90.9 Å². The maximum Gasteiger partial charge on any atom is 0.416 e. The van der Waals surface area contributed by atoms with E-state index in [-0.39, 0.29) is 48.3 Å². The summed E-state index contributed by atoms with van der Waals surface area (Å²) in [6.07, 6.45) is -2.72. The monoisotopic (exact) mass is 669 g/mol. The summed E-state index contributed by atoms with van der Waals surface area (Å²) in [5, 5.41) is 10.7. The molecule has 0 radical (unpaired) electrons. The number of pyridine rings is 1. The number of alkyl halides is 3. The van der Waals surface area contributed by atoms with Crippen LogP contribution in [0.3, 0.4) is 0 Å². The molecule has 0 unspecified atom stereocenters. The highest BCUT2D eigenvalue weighted by Gasteiger charge is 2.50. The normalized spacial score (nSPS) is 25.5. The molecule has 6 rings (SSSR count). The first-order valence-corrected chi connectivity index (χ1v) is 15.9. The van der Waals surface area contributed by atoms with E-state index in [1.54, 1.807) is 30.1 Å². The van der Waals surface area contributed by atoms with Gasteiger partial charge in [0.25, 0.3) is 0 Å². The van der Waals surface area contributed by atoms with Gasteiger partial charge in [0.05, 0.1) is 33.9 Å². The number of carbonyl (C=O) groups is 3. The summed E-state index contributed by atoms with van der Waals surface area (Å²) in [5.74, 6) is -2.22. The number of anilines is 3. The van der Waals surface area contributed by atoms with Crippen LogP contribution >= 0.6 is 11.6 Å². The number of benzene rings is 1. The van der Waals surface area contributed by atoms with Gasteiger partial charge in [0.15, 0.2) is 0 Å². The molecule has 0 bridgehead atoms. The maximum absolute atomic E-state index is 14.1. The second kappa shape index (κ2) is 12.5. The number of nitrogens with zero attached hydrogens (tertiary/aromatic N) is 7. The molecule has 14 heteroatoms. The Balaban J connectivity index is 1.30. The van der Waals surface area contributed by atoms with Crippen molar-refractivity contribution >= 4 is 46.5 Å². The molecule has 47 heavy (non-hydrogen) atoms. The average molecular weight is 670 g/mol. The van der Waals surface area contributed by atoms with Crippen LogP contribution in [0.15, 0.2) is 43.0 Å². The highest BCUT2D eigenvalue weighted by Crippen LogP contribution is 2.44. The van der Waals surface area contributed by atoms with Crippen molar-refractivity contribution in [3.05, 3.63) is 59.3 Å². The molecule has 3 saturated heterocycles. The van der Waals surface area contributed by atoms with Crippen LogP contribution < -0.4 is 14.7 Å². The van der Waals surface area contributed by atoms with Crippen LogP contribution in [0.5, 0.6) is 0 Å². The SMILES string of the molecule is C=CC(=O)N1CC(N2CC[C@H](CN3C[C@H]4CC(=O)N(c5cc(C(F)(F)F)cc(C)n5)[C@@H]4C(=O)N(C)c4cccc(Cl)c43)[C@H](C#N)C2)C1. The summed E-state index contributed by atoms with van der Waals surface area (Å²) in [4.78, 5) is 52.4. The lowest BCUT2D eigenvalue weighted by molar-refractivity contribution is -0.137. The fourth-order valence-corrected chi connectivity index (χ4v) is 7.72. The van der Waals surface area contributed by atoms with E-state index in [2.05, 4.69) is 22.5 Å². The molecule has 5 heterocycles. The first kappa shape index (κ1) is 32.8. The van der Waals surface area contributed by atoms with Gasteiger partial charge < -0.3 is 14.7 Å². The number of carbonyl (C=O) groups excluding carboxylic acids is 3. The standard InChI is InChI=1S/C33H35ClF3N7O3/c1-4-28(45)42-17-24(18-42)41-9-8-20(22(13-38)16-41)14-43-15-21-11-29(46)44(27-12-23(33(35,36)37)10-19(2)39-27)30(21)32(47)40(3)26-7-5-6-25(34)31(26)43/h4-7,10,12,20-22,24,30H,1,8-9,11,14-18H2,2-3H3/t20-,21-,22-,30+/m1/s1. The number of likely N-dealkylation sites (tertiary alicyclic amines) is 2. The van der Waals surface area contributed by atoms with E-state index >= 15 is 0 Å². The Morgan fingerprint density at radius 1 is 1.19 bits per heavy atom. The van der Waals surface area contributed by atoms with Gasteiger partial charge >= 0.3 is 6.18 Å². The van der Waals surface area contributed by atoms with Crippen molar-refractivity contribution in [1.29, 1.82) is 5.26 Å². The maximum atomic E-state index is 14.1. The zero-order valence-corrected chi connectivity index (χ0v) is 26.8. The molecule has 3 fully saturated rings. The van der Waals surface area contributed by atoms with E-state index < -0.39 is 35.5 Å². The van der Waals surface area contributed by atoms with Crippen LogP contribution in [0, 0.1) is 36.0 Å². The minimum atomic E-state index is -4.66. The van der Waals surface area contributed by atoms with Crippen molar-refractivity contribution in [2.75, 3.05) is 61.0 Å². The number of piperidine rings is 1. The van der Waals surface area contributed by atoms with Gasteiger partial charge in [-0.2, -0.15) is 18.4 Å². The van der Waals surface area contributed by atoms with Crippen molar-refractivity contribution in [1.82, 2.24) is 14.8 Å². The van der Waals surface area contributed by atoms with Crippen molar-refractivity contribution in [2.45, 2.75) is 38.0 Å². The van der Waals surface area contributed by atoms with Crippen LogP contribution in [0.1, 0.15) is 24.1 Å². The number of nitriles is 1. The fourth-order valence-electron chi connectivity index (χ4n) is 7.43. The molecular weight excluding hydrogens is 635 g/mol. The van der Waals surface area contributed by atoms with Crippen LogP contribution in [-0.2, 0) is 20.6 Å². The first-order valence-electron chi connectivity index (χ1n) is 15.5. The predicted molar refractivity (Wildman–Crippen MR) is 170 cm³/mol. The molecule has 4 atom stereocenters. The average Bonchev–Trinajstić information content (AvgIpc) is 3.33. The second-order valence-corrected chi connectivity index (χ2v) is 13.2. The third-order valence-corrected chi connectivity index (χ3v) is 10.2. The zero-order chi connectivity index (χ0) is 33.8. The Morgan fingerprint density at radius 2 is 1.94 bits per heavy atom. The highest BCUT2D eigenvalue weighted by molar-refractivity contribution is 6.34. The van der Waals surface area contributed by atoms with Gasteiger partial charge in [-0.05, 0) is 56.1 Å². The third kappa shape index (κ3) is 6.05. The number of amides is 3. The molecule has 0 saturated carbocycles. The zero-order valence-electron chi connectivity index (χ0n) is 26.1. The number of aromatic nitrogens is 1. The van der Waals surface area contributed by atoms with Gasteiger partial charge in [0, 0.05) is 63.8 Å². The molecule has 4 aliphatic heterocycles. The molecular formula is C33H35ClF3N7O3. The molecule has 1 aromatic carbocycles. The highest BCUT2D eigenvalue weighted by atomic mass is 35.5. The Labute approximate surface area is 276 Å². The molecule has 0 spiro atoms. The van der Waals surface area contributed by atoms with E-state index in [9.17, 15) is 32.8 Å². The van der Waals surface area contributed by atoms with Crippen LogP contribution in [0.4, 0.5) is 30.4 Å². The Morgan fingerprint density at radius 3 is 2.62 bits per heavy atom. The third-order valence-electron chi connectivity index (χ3n) is 9.90. The molecule has 4 aliphatic rings. The van der Waals surface area contributed by atoms with E-state index in [0.29, 0.717) is 49.0 Å². The number of halogens is 4. The van der Waals surface area contributed by atoms with Gasteiger partial charge in [0.2, 0.25) is 17.7 Å². The topological polar surface area (TPSA) is 104 Å². The largest absolute Gasteiger partial charge is 0.416 e. The lowest BCUT2D eigenvalue weighted by Crippen LogP contribution is -2.63. The number of para-hydroxylation sites is 1. The van der Waals surface area contributed by atoms with Gasteiger partial charge in [-0.25, -0.2) is 4.98 Å². The molecule has 0 aliphatic carbocycles. The number of rotatable bonds is 5. The molecule has 3 amide bonds. The molecule has 1 aromatic heterocycles. The number of aryl methyl sites for hydroxylation is 1. The van der Waals surface area contributed by atoms with Gasteiger partial charge in [0.1, 0.15) is 11.9 Å². The smallest absolute Gasteiger partial charge is 0.368 e. The van der Waals surface area contributed by atoms with Crippen molar-refractivity contribution < 1.29 is 27.6 Å². The van der Waals surface area contributed by atoms with E-state index in [1.165, 1.54) is 17.9 Å². The number of likely N-dealkylation sites (N-methyl/N-ethyl adjacent to an activating group) is 1. The minimum absolute atomic E-state index is 0.0637. The van der Waals surface area contributed by atoms with Crippen LogP contribution in [0.2, 0.25) is 5.02 Å². The van der Waals surface area contributed by atoms with E-state index in [1.807, 2.05) is 4.90 Å². The lowest BCUT2D eigenvalue weighted by atomic mass is 9.84. The number of hydrogen-bond acceptors (Lipinski definition) is 7. The van der Waals surface area contributed by atoms with Gasteiger partial charge in [-0.3, -0.25) is 24.2 Å². The number of fused-ring (bicyclic) bond motifs is 2. The summed E-state index contributed by atoms with van der Waals surface area (Å²) < 4.78 is 41.2. The Hall–Kier alpha value is -4.15. The summed E-state index contributed by atoms with van der Waals surface area (Å²) in [5.41, 5.74) is 0.240. The number of hydrogen-bond donors (Lipinski definition) is 0. The minimum Gasteiger partial charge on any atom is -0.368 e. The lowest BCUT2D eigenvalue weighted by Gasteiger charge is -2.49. The van der Waals surface area contributed by atoms with Gasteiger partial charge in [-0.15, -0.1) is 0 Å². The molecule has 2 aromatic rings. The molecule has 0 N–H and O–H groups in total. The van der Waals surface area contributed by atoms with E-state index in [0.717, 1.165) is 23.6 Å². The van der Waals surface area contributed by atoms with Crippen molar-refractivity contribution in [2.24, 2.45) is 17.8 Å². The fraction of sp³-hybridized carbons (Fsp3) is 0.485. The summed E-state index contributed by atoms with van der Waals surface area (Å²) in [6.45, 7) is 8.09. The quantitative estimate of drug-likeness (QED) is 0.441. The van der Waals surface area contributed by atoms with E-state index in [4.69, 9.17) is 11.6 Å². The summed E-state index contributed by atoms with van der Waals surface area (Å²) in [6, 6.07) is 8.49. The Bertz CT molecular complexity index is 1660. The summed E-state index contributed by atoms with van der Waals surface area (Å²) >= 11 is 6.79. The van der Waals surface area contributed by atoms with Crippen molar-refractivity contribution in [3.8, 4) is 6.07 Å².